The Bertz CT molecular complexity index is 1180. The summed E-state index contributed by atoms with van der Waals surface area (Å²) in [6.45, 7) is 3.49. The summed E-state index contributed by atoms with van der Waals surface area (Å²) in [5.74, 6) is 1.50. The van der Waals surface area contributed by atoms with Crippen molar-refractivity contribution in [1.29, 1.82) is 0 Å². The van der Waals surface area contributed by atoms with Gasteiger partial charge >= 0.3 is 5.69 Å². The fraction of sp³-hybridized carbons (Fsp3) is 0.389. The predicted molar refractivity (Wildman–Crippen MR) is 104 cm³/mol. The summed E-state index contributed by atoms with van der Waals surface area (Å²) < 4.78 is 9.65. The molecule has 0 radical (unpaired) electrons. The minimum atomic E-state index is -0.393. The number of methoxy groups -OCH3 is 1. The maximum atomic E-state index is 12.8. The molecule has 27 heavy (non-hydrogen) atoms. The molecule has 1 aliphatic heterocycles. The van der Waals surface area contributed by atoms with E-state index in [1.807, 2.05) is 21.6 Å². The first-order valence-corrected chi connectivity index (χ1v) is 8.98. The lowest BCUT2D eigenvalue weighted by atomic mass is 10.1. The molecular formula is C18H20ClN5O3. The van der Waals surface area contributed by atoms with Crippen LogP contribution in [0.1, 0.15) is 6.92 Å². The molecule has 0 amide bonds. The highest BCUT2D eigenvalue weighted by Gasteiger charge is 2.29. The molecule has 0 unspecified atom stereocenters. The summed E-state index contributed by atoms with van der Waals surface area (Å²) in [4.78, 5) is 31.7. The van der Waals surface area contributed by atoms with Gasteiger partial charge in [-0.25, -0.2) is 4.79 Å². The molecule has 3 aromatic rings. The van der Waals surface area contributed by atoms with Gasteiger partial charge in [-0.3, -0.25) is 13.9 Å². The lowest BCUT2D eigenvalue weighted by Crippen LogP contribution is -2.38. The molecule has 8 nitrogen and oxygen atoms in total. The third-order valence-corrected chi connectivity index (χ3v) is 5.30. The normalized spacial score (nSPS) is 16.6. The van der Waals surface area contributed by atoms with Crippen LogP contribution in [0, 0.1) is 5.92 Å². The number of imidazole rings is 1. The molecule has 0 fully saturated rings. The highest BCUT2D eigenvalue weighted by atomic mass is 35.5. The first-order chi connectivity index (χ1) is 12.8. The van der Waals surface area contributed by atoms with Gasteiger partial charge in [0.2, 0.25) is 5.95 Å². The van der Waals surface area contributed by atoms with Crippen LogP contribution >= 0.6 is 11.6 Å². The van der Waals surface area contributed by atoms with Crippen molar-refractivity contribution < 1.29 is 4.74 Å². The molecule has 0 saturated heterocycles. The van der Waals surface area contributed by atoms with Gasteiger partial charge in [0.25, 0.3) is 5.56 Å². The highest BCUT2D eigenvalue weighted by Crippen LogP contribution is 2.36. The molecule has 1 aliphatic rings. The largest absolute Gasteiger partial charge is 0.495 e. The maximum Gasteiger partial charge on any atom is 0.332 e. The van der Waals surface area contributed by atoms with Gasteiger partial charge in [-0.05, 0) is 24.1 Å². The molecule has 142 valence electrons. The topological polar surface area (TPSA) is 74.3 Å². The van der Waals surface area contributed by atoms with Gasteiger partial charge in [0, 0.05) is 32.9 Å². The second kappa shape index (κ2) is 6.16. The standard InChI is InChI=1S/C18H20ClN5O3/c1-10-8-23(11-5-6-13(27-4)12(19)7-11)17-20-15-14(24(17)9-10)16(25)22(3)18(26)21(15)2/h5-7,10H,8-9H2,1-4H3/t10-/m0/s1. The van der Waals surface area contributed by atoms with Crippen LogP contribution in [0.5, 0.6) is 5.75 Å². The van der Waals surface area contributed by atoms with E-state index in [2.05, 4.69) is 11.9 Å². The Morgan fingerprint density at radius 3 is 2.59 bits per heavy atom. The number of anilines is 2. The van der Waals surface area contributed by atoms with E-state index in [9.17, 15) is 9.59 Å². The van der Waals surface area contributed by atoms with Crippen LogP contribution in [0.2, 0.25) is 5.02 Å². The summed E-state index contributed by atoms with van der Waals surface area (Å²) in [7, 11) is 4.68. The van der Waals surface area contributed by atoms with E-state index in [1.54, 1.807) is 20.2 Å². The summed E-state index contributed by atoms with van der Waals surface area (Å²) in [6.07, 6.45) is 0. The SMILES string of the molecule is COc1ccc(N2C[C@H](C)Cn3c2nc2c3c(=O)n(C)c(=O)n2C)cc1Cl. The molecule has 0 saturated carbocycles. The van der Waals surface area contributed by atoms with Crippen LogP contribution in [0.25, 0.3) is 11.2 Å². The molecule has 2 aromatic heterocycles. The molecule has 0 spiro atoms. The van der Waals surface area contributed by atoms with E-state index in [0.717, 1.165) is 16.8 Å². The van der Waals surface area contributed by atoms with Gasteiger partial charge in [0.15, 0.2) is 11.2 Å². The van der Waals surface area contributed by atoms with Crippen molar-refractivity contribution >= 4 is 34.4 Å². The Kier molecular flexibility index (Phi) is 4.03. The number of ether oxygens (including phenoxy) is 1. The molecule has 1 aromatic carbocycles. The number of benzene rings is 1. The Morgan fingerprint density at radius 1 is 1.19 bits per heavy atom. The van der Waals surface area contributed by atoms with E-state index < -0.39 is 5.69 Å². The van der Waals surface area contributed by atoms with Crippen molar-refractivity contribution in [3.8, 4) is 5.75 Å². The summed E-state index contributed by atoms with van der Waals surface area (Å²) in [6, 6.07) is 5.53. The maximum absolute atomic E-state index is 12.8. The van der Waals surface area contributed by atoms with Gasteiger partial charge in [-0.15, -0.1) is 0 Å². The van der Waals surface area contributed by atoms with Gasteiger partial charge < -0.3 is 14.2 Å². The third kappa shape index (κ3) is 2.55. The van der Waals surface area contributed by atoms with Crippen LogP contribution in [-0.2, 0) is 20.6 Å². The average molecular weight is 390 g/mol. The molecule has 0 N–H and O–H groups in total. The van der Waals surface area contributed by atoms with Crippen molar-refractivity contribution in [3.05, 3.63) is 44.1 Å². The number of hydrogen-bond donors (Lipinski definition) is 0. The lowest BCUT2D eigenvalue weighted by molar-refractivity contribution is 0.415. The second-order valence-corrected chi connectivity index (χ2v) is 7.34. The Morgan fingerprint density at radius 2 is 1.93 bits per heavy atom. The first kappa shape index (κ1) is 17.7. The van der Waals surface area contributed by atoms with Gasteiger partial charge in [0.1, 0.15) is 5.75 Å². The number of aromatic nitrogens is 4. The van der Waals surface area contributed by atoms with Crippen LogP contribution in [0.3, 0.4) is 0 Å². The third-order valence-electron chi connectivity index (χ3n) is 5.00. The van der Waals surface area contributed by atoms with Crippen LogP contribution < -0.4 is 20.9 Å². The monoisotopic (exact) mass is 389 g/mol. The molecule has 4 rings (SSSR count). The fourth-order valence-corrected chi connectivity index (χ4v) is 3.87. The zero-order valence-corrected chi connectivity index (χ0v) is 16.3. The van der Waals surface area contributed by atoms with Gasteiger partial charge in [-0.1, -0.05) is 18.5 Å². The quantitative estimate of drug-likeness (QED) is 0.669. The van der Waals surface area contributed by atoms with Crippen molar-refractivity contribution in [2.45, 2.75) is 13.5 Å². The number of hydrogen-bond acceptors (Lipinski definition) is 5. The van der Waals surface area contributed by atoms with E-state index in [4.69, 9.17) is 16.3 Å². The smallest absolute Gasteiger partial charge is 0.332 e. The molecule has 0 bridgehead atoms. The average Bonchev–Trinajstić information content (AvgIpc) is 3.03. The van der Waals surface area contributed by atoms with Crippen LogP contribution in [-0.4, -0.2) is 32.3 Å². The highest BCUT2D eigenvalue weighted by molar-refractivity contribution is 6.32. The van der Waals surface area contributed by atoms with Crippen molar-refractivity contribution in [3.63, 3.8) is 0 Å². The summed E-state index contributed by atoms with van der Waals surface area (Å²) in [5.41, 5.74) is 0.942. The van der Waals surface area contributed by atoms with E-state index in [0.29, 0.717) is 34.4 Å². The van der Waals surface area contributed by atoms with Gasteiger partial charge in [0.05, 0.1) is 12.1 Å². The number of nitrogens with zero attached hydrogens (tertiary/aromatic N) is 5. The number of fused-ring (bicyclic) bond motifs is 3. The minimum Gasteiger partial charge on any atom is -0.495 e. The molecule has 3 heterocycles. The fourth-order valence-electron chi connectivity index (χ4n) is 3.62. The number of halogens is 1. The summed E-state index contributed by atoms with van der Waals surface area (Å²) in [5, 5.41) is 0.499. The Labute approximate surface area is 160 Å². The number of rotatable bonds is 2. The Balaban J connectivity index is 1.99. The second-order valence-electron chi connectivity index (χ2n) is 6.94. The molecule has 0 aliphatic carbocycles. The summed E-state index contributed by atoms with van der Waals surface area (Å²) >= 11 is 6.31. The van der Waals surface area contributed by atoms with Gasteiger partial charge in [-0.2, -0.15) is 4.98 Å². The van der Waals surface area contributed by atoms with Crippen molar-refractivity contribution in [2.75, 3.05) is 18.6 Å². The van der Waals surface area contributed by atoms with Crippen molar-refractivity contribution in [1.82, 2.24) is 18.7 Å². The Hall–Kier alpha value is -2.74. The first-order valence-electron chi connectivity index (χ1n) is 8.60. The molecule has 9 heteroatoms. The van der Waals surface area contributed by atoms with E-state index in [1.165, 1.54) is 11.6 Å². The minimum absolute atomic E-state index is 0.276. The van der Waals surface area contributed by atoms with E-state index >= 15 is 0 Å². The number of aryl methyl sites for hydroxylation is 1. The predicted octanol–water partition coefficient (Wildman–Crippen LogP) is 1.88. The van der Waals surface area contributed by atoms with E-state index in [-0.39, 0.29) is 11.5 Å². The van der Waals surface area contributed by atoms with Crippen LogP contribution in [0.15, 0.2) is 27.8 Å². The zero-order valence-electron chi connectivity index (χ0n) is 15.6. The molecule has 1 atom stereocenters. The zero-order chi connectivity index (χ0) is 19.5. The van der Waals surface area contributed by atoms with Crippen LogP contribution in [0.4, 0.5) is 11.6 Å². The van der Waals surface area contributed by atoms with Crippen molar-refractivity contribution in [2.24, 2.45) is 20.0 Å². The lowest BCUT2D eigenvalue weighted by Gasteiger charge is -2.33. The molecular weight excluding hydrogens is 370 g/mol.